The quantitative estimate of drug-likeness (QED) is 0.711. The molecule has 2 saturated heterocycles. The van der Waals surface area contributed by atoms with E-state index in [9.17, 15) is 18.0 Å². The van der Waals surface area contributed by atoms with Crippen molar-refractivity contribution >= 4 is 21.7 Å². The molecule has 1 aliphatic carbocycles. The summed E-state index contributed by atoms with van der Waals surface area (Å²) >= 11 is 0. The lowest BCUT2D eigenvalue weighted by molar-refractivity contribution is -0.136. The van der Waals surface area contributed by atoms with Gasteiger partial charge in [0, 0.05) is 31.6 Å². The van der Waals surface area contributed by atoms with Crippen LogP contribution >= 0.6 is 0 Å². The molecule has 2 aliphatic heterocycles. The minimum Gasteiger partial charge on any atom is -0.340 e. The van der Waals surface area contributed by atoms with Crippen LogP contribution in [0, 0.1) is 17.2 Å². The number of amides is 2. The summed E-state index contributed by atoms with van der Waals surface area (Å²) in [5.74, 6) is 0.150. The highest BCUT2D eigenvalue weighted by atomic mass is 32.2. The highest BCUT2D eigenvalue weighted by Gasteiger charge is 2.33. The zero-order chi connectivity index (χ0) is 19.4. The van der Waals surface area contributed by atoms with Gasteiger partial charge in [-0.3, -0.25) is 9.59 Å². The summed E-state index contributed by atoms with van der Waals surface area (Å²) in [6, 6.07) is 2.11. The lowest BCUT2D eigenvalue weighted by Crippen LogP contribution is -2.48. The van der Waals surface area contributed by atoms with Crippen LogP contribution in [0.2, 0.25) is 0 Å². The van der Waals surface area contributed by atoms with Gasteiger partial charge in [-0.15, -0.1) is 0 Å². The van der Waals surface area contributed by atoms with E-state index in [1.807, 2.05) is 0 Å². The number of likely N-dealkylation sites (tertiary alicyclic amines) is 1. The third kappa shape index (κ3) is 4.99. The molecule has 0 aromatic rings. The summed E-state index contributed by atoms with van der Waals surface area (Å²) in [6.07, 6.45) is 4.83. The number of nitrogens with one attached hydrogen (secondary N) is 1. The van der Waals surface area contributed by atoms with Crippen LogP contribution in [0.3, 0.4) is 0 Å². The Kier molecular flexibility index (Phi) is 6.37. The molecule has 2 amide bonds. The molecule has 3 aliphatic rings. The maximum atomic E-state index is 12.6. The van der Waals surface area contributed by atoms with Crippen molar-refractivity contribution in [3.63, 3.8) is 0 Å². The maximum absolute atomic E-state index is 12.6. The van der Waals surface area contributed by atoms with Crippen molar-refractivity contribution in [2.24, 2.45) is 5.92 Å². The van der Waals surface area contributed by atoms with Crippen LogP contribution in [0.4, 0.5) is 0 Å². The number of nitriles is 1. The van der Waals surface area contributed by atoms with Crippen molar-refractivity contribution in [1.29, 1.82) is 5.26 Å². The van der Waals surface area contributed by atoms with Crippen molar-refractivity contribution < 1.29 is 18.0 Å². The molecule has 0 aromatic carbocycles. The van der Waals surface area contributed by atoms with Gasteiger partial charge in [0.15, 0.2) is 9.84 Å². The topological polar surface area (TPSA) is 111 Å². The normalized spacial score (nSPS) is 30.7. The second kappa shape index (κ2) is 8.57. The first-order chi connectivity index (χ1) is 12.9. The van der Waals surface area contributed by atoms with Gasteiger partial charge in [-0.25, -0.2) is 8.42 Å². The Morgan fingerprint density at radius 1 is 1.04 bits per heavy atom. The van der Waals surface area contributed by atoms with Crippen LogP contribution < -0.4 is 5.32 Å². The SMILES string of the molecule is N#C[C@@H]1CCCN1C(=O)CN[C@H]1CC[C@H](C(=O)N2CCS(=O)(=O)CC2)CC1. The van der Waals surface area contributed by atoms with Crippen molar-refractivity contribution in [1.82, 2.24) is 15.1 Å². The van der Waals surface area contributed by atoms with E-state index in [1.54, 1.807) is 9.80 Å². The first kappa shape index (κ1) is 20.1. The number of hydrogen-bond acceptors (Lipinski definition) is 6. The van der Waals surface area contributed by atoms with E-state index in [-0.39, 0.29) is 47.9 Å². The molecule has 3 rings (SSSR count). The van der Waals surface area contributed by atoms with E-state index < -0.39 is 9.84 Å². The Bertz CT molecular complexity index is 695. The molecule has 0 bridgehead atoms. The Morgan fingerprint density at radius 2 is 1.70 bits per heavy atom. The molecule has 27 heavy (non-hydrogen) atoms. The Hall–Kier alpha value is -1.66. The summed E-state index contributed by atoms with van der Waals surface area (Å²) in [6.45, 7) is 1.52. The molecule has 150 valence electrons. The fourth-order valence-electron chi connectivity index (χ4n) is 4.27. The first-order valence-electron chi connectivity index (χ1n) is 9.81. The van der Waals surface area contributed by atoms with Crippen molar-refractivity contribution in [3.8, 4) is 6.07 Å². The van der Waals surface area contributed by atoms with Gasteiger partial charge in [0.1, 0.15) is 6.04 Å². The summed E-state index contributed by atoms with van der Waals surface area (Å²) in [5, 5.41) is 12.4. The van der Waals surface area contributed by atoms with Crippen LogP contribution in [-0.4, -0.2) is 79.8 Å². The molecule has 1 saturated carbocycles. The number of carbonyl (C=O) groups excluding carboxylic acids is 2. The lowest BCUT2D eigenvalue weighted by atomic mass is 9.85. The summed E-state index contributed by atoms with van der Waals surface area (Å²) in [4.78, 5) is 28.2. The molecule has 2 heterocycles. The zero-order valence-corrected chi connectivity index (χ0v) is 16.4. The maximum Gasteiger partial charge on any atom is 0.237 e. The average Bonchev–Trinajstić information content (AvgIpc) is 3.15. The van der Waals surface area contributed by atoms with Crippen LogP contribution in [0.15, 0.2) is 0 Å². The second-order valence-corrected chi connectivity index (χ2v) is 10.1. The largest absolute Gasteiger partial charge is 0.340 e. The van der Waals surface area contributed by atoms with Crippen molar-refractivity contribution in [2.45, 2.75) is 50.6 Å². The van der Waals surface area contributed by atoms with Gasteiger partial charge in [0.2, 0.25) is 11.8 Å². The molecule has 0 aromatic heterocycles. The van der Waals surface area contributed by atoms with E-state index in [2.05, 4.69) is 11.4 Å². The number of nitrogens with zero attached hydrogens (tertiary/aromatic N) is 3. The highest BCUT2D eigenvalue weighted by Crippen LogP contribution is 2.27. The van der Waals surface area contributed by atoms with Crippen LogP contribution in [-0.2, 0) is 19.4 Å². The van der Waals surface area contributed by atoms with Gasteiger partial charge in [-0.05, 0) is 38.5 Å². The predicted molar refractivity (Wildman–Crippen MR) is 99.3 cm³/mol. The van der Waals surface area contributed by atoms with Gasteiger partial charge in [0.05, 0.1) is 24.1 Å². The van der Waals surface area contributed by atoms with E-state index in [0.29, 0.717) is 19.6 Å². The van der Waals surface area contributed by atoms with Gasteiger partial charge in [0.25, 0.3) is 0 Å². The molecule has 3 fully saturated rings. The van der Waals surface area contributed by atoms with Gasteiger partial charge < -0.3 is 15.1 Å². The Labute approximate surface area is 160 Å². The monoisotopic (exact) mass is 396 g/mol. The van der Waals surface area contributed by atoms with Crippen molar-refractivity contribution in [2.75, 3.05) is 37.7 Å². The molecule has 0 radical (unpaired) electrons. The van der Waals surface area contributed by atoms with Crippen LogP contribution in [0.1, 0.15) is 38.5 Å². The summed E-state index contributed by atoms with van der Waals surface area (Å²) < 4.78 is 23.0. The van der Waals surface area contributed by atoms with Crippen LogP contribution in [0.5, 0.6) is 0 Å². The standard InChI is InChI=1S/C18H28N4O4S/c19-12-16-2-1-7-22(16)17(23)13-20-15-5-3-14(4-6-15)18(24)21-8-10-27(25,26)11-9-21/h14-16,20H,1-11,13H2/t14-,15-,16-/m0/s1. The number of carbonyl (C=O) groups is 2. The van der Waals surface area contributed by atoms with E-state index in [1.165, 1.54) is 0 Å². The number of hydrogen-bond donors (Lipinski definition) is 1. The third-order valence-corrected chi connectivity index (χ3v) is 7.61. The third-order valence-electron chi connectivity index (χ3n) is 6.00. The Morgan fingerprint density at radius 3 is 2.33 bits per heavy atom. The fraction of sp³-hybridized carbons (Fsp3) is 0.833. The van der Waals surface area contributed by atoms with Gasteiger partial charge >= 0.3 is 0 Å². The van der Waals surface area contributed by atoms with Gasteiger partial charge in [-0.2, -0.15) is 5.26 Å². The summed E-state index contributed by atoms with van der Waals surface area (Å²) in [5.41, 5.74) is 0. The number of rotatable bonds is 4. The predicted octanol–water partition coefficient (Wildman–Crippen LogP) is -0.0936. The average molecular weight is 397 g/mol. The summed E-state index contributed by atoms with van der Waals surface area (Å²) in [7, 11) is -2.98. The second-order valence-electron chi connectivity index (χ2n) is 7.78. The highest BCUT2D eigenvalue weighted by molar-refractivity contribution is 7.91. The molecule has 9 heteroatoms. The van der Waals surface area contributed by atoms with Gasteiger partial charge in [-0.1, -0.05) is 0 Å². The molecule has 0 spiro atoms. The Balaban J connectivity index is 1.39. The molecular weight excluding hydrogens is 368 g/mol. The van der Waals surface area contributed by atoms with E-state index >= 15 is 0 Å². The minimum atomic E-state index is -2.98. The molecule has 1 atom stereocenters. The van der Waals surface area contributed by atoms with Crippen LogP contribution in [0.25, 0.3) is 0 Å². The molecule has 0 unspecified atom stereocenters. The van der Waals surface area contributed by atoms with E-state index in [4.69, 9.17) is 5.26 Å². The first-order valence-corrected chi connectivity index (χ1v) is 11.6. The number of sulfone groups is 1. The molecular formula is C18H28N4O4S. The van der Waals surface area contributed by atoms with E-state index in [0.717, 1.165) is 38.5 Å². The molecule has 1 N–H and O–H groups in total. The zero-order valence-electron chi connectivity index (χ0n) is 15.6. The van der Waals surface area contributed by atoms with Crippen molar-refractivity contribution in [3.05, 3.63) is 0 Å². The fourth-order valence-corrected chi connectivity index (χ4v) is 5.47. The lowest BCUT2D eigenvalue weighted by Gasteiger charge is -2.34. The smallest absolute Gasteiger partial charge is 0.237 e. The minimum absolute atomic E-state index is 0.0215. The molecule has 8 nitrogen and oxygen atoms in total.